The Labute approximate surface area is 129 Å². The first-order valence-corrected chi connectivity index (χ1v) is 7.63. The molecule has 6 nitrogen and oxygen atoms in total. The first-order chi connectivity index (χ1) is 10.8. The highest BCUT2D eigenvalue weighted by Crippen LogP contribution is 2.16. The molecule has 0 bridgehead atoms. The lowest BCUT2D eigenvalue weighted by Crippen LogP contribution is -1.98. The maximum atomic E-state index is 4.23. The van der Waals surface area contributed by atoms with Crippen LogP contribution in [0.1, 0.15) is 36.4 Å². The van der Waals surface area contributed by atoms with Gasteiger partial charge in [-0.2, -0.15) is 0 Å². The van der Waals surface area contributed by atoms with E-state index in [-0.39, 0.29) is 0 Å². The van der Waals surface area contributed by atoms with Gasteiger partial charge >= 0.3 is 0 Å². The van der Waals surface area contributed by atoms with Crippen molar-refractivity contribution in [1.82, 2.24) is 30.0 Å². The highest BCUT2D eigenvalue weighted by molar-refractivity contribution is 5.32. The van der Waals surface area contributed by atoms with Gasteiger partial charge in [0.1, 0.15) is 0 Å². The smallest absolute Gasteiger partial charge is 0.0870 e. The second-order valence-electron chi connectivity index (χ2n) is 5.25. The highest BCUT2D eigenvalue weighted by atomic mass is 15.4. The Morgan fingerprint density at radius 2 is 1.23 bits per heavy atom. The molecule has 3 rings (SSSR count). The molecular formula is C16H20N6. The Morgan fingerprint density at radius 3 is 1.59 bits per heavy atom. The molecule has 0 radical (unpaired) electrons. The number of hydrogen-bond donors (Lipinski definition) is 0. The van der Waals surface area contributed by atoms with Crippen LogP contribution in [0.2, 0.25) is 0 Å². The molecule has 0 atom stereocenters. The van der Waals surface area contributed by atoms with Gasteiger partial charge in [0.05, 0.1) is 11.4 Å². The van der Waals surface area contributed by atoms with Crippen LogP contribution in [0.3, 0.4) is 0 Å². The highest BCUT2D eigenvalue weighted by Gasteiger charge is 2.09. The summed E-state index contributed by atoms with van der Waals surface area (Å²) in [5.74, 6) is 0. The SMILES string of the molecule is CCn1cc(Cc2ccccc2Cc2cn(CC)nn2)nn1. The Morgan fingerprint density at radius 1 is 0.773 bits per heavy atom. The molecule has 0 aliphatic carbocycles. The predicted octanol–water partition coefficient (Wildman–Crippen LogP) is 2.09. The summed E-state index contributed by atoms with van der Waals surface area (Å²) in [6, 6.07) is 8.41. The third-order valence-electron chi connectivity index (χ3n) is 3.68. The summed E-state index contributed by atoms with van der Waals surface area (Å²) >= 11 is 0. The summed E-state index contributed by atoms with van der Waals surface area (Å²) in [5, 5.41) is 16.7. The van der Waals surface area contributed by atoms with Crippen molar-refractivity contribution < 1.29 is 0 Å². The number of benzene rings is 1. The molecule has 114 valence electrons. The van der Waals surface area contributed by atoms with Crippen LogP contribution in [0.4, 0.5) is 0 Å². The molecule has 0 aliphatic heterocycles. The van der Waals surface area contributed by atoms with Gasteiger partial charge < -0.3 is 0 Å². The first kappa shape index (κ1) is 14.4. The Bertz CT molecular complexity index is 679. The summed E-state index contributed by atoms with van der Waals surface area (Å²) < 4.78 is 3.70. The topological polar surface area (TPSA) is 61.4 Å². The number of nitrogens with zero attached hydrogens (tertiary/aromatic N) is 6. The number of hydrogen-bond acceptors (Lipinski definition) is 4. The van der Waals surface area contributed by atoms with Crippen molar-refractivity contribution in [1.29, 1.82) is 0 Å². The van der Waals surface area contributed by atoms with E-state index in [0.717, 1.165) is 37.3 Å². The summed E-state index contributed by atoms with van der Waals surface area (Å²) in [7, 11) is 0. The fourth-order valence-corrected chi connectivity index (χ4v) is 2.44. The van der Waals surface area contributed by atoms with Gasteiger partial charge in [-0.15, -0.1) is 10.2 Å². The van der Waals surface area contributed by atoms with Crippen LogP contribution < -0.4 is 0 Å². The van der Waals surface area contributed by atoms with Crippen molar-refractivity contribution in [2.75, 3.05) is 0 Å². The van der Waals surface area contributed by atoms with E-state index in [4.69, 9.17) is 0 Å². The van der Waals surface area contributed by atoms with Crippen LogP contribution in [0.5, 0.6) is 0 Å². The lowest BCUT2D eigenvalue weighted by atomic mass is 10.00. The second-order valence-corrected chi connectivity index (χ2v) is 5.25. The molecule has 0 aliphatic rings. The number of aryl methyl sites for hydroxylation is 2. The molecule has 6 heteroatoms. The largest absolute Gasteiger partial charge is 0.253 e. The molecule has 0 spiro atoms. The quantitative estimate of drug-likeness (QED) is 0.699. The molecule has 2 heterocycles. The normalized spacial score (nSPS) is 11.0. The van der Waals surface area contributed by atoms with E-state index in [9.17, 15) is 0 Å². The molecule has 0 amide bonds. The molecule has 0 fully saturated rings. The van der Waals surface area contributed by atoms with E-state index in [1.165, 1.54) is 11.1 Å². The summed E-state index contributed by atoms with van der Waals surface area (Å²) in [4.78, 5) is 0. The van der Waals surface area contributed by atoms with E-state index in [2.05, 4.69) is 58.7 Å². The lowest BCUT2D eigenvalue weighted by Gasteiger charge is -2.06. The van der Waals surface area contributed by atoms with Gasteiger partial charge in [-0.05, 0) is 25.0 Å². The minimum absolute atomic E-state index is 0.790. The molecule has 0 N–H and O–H groups in total. The van der Waals surface area contributed by atoms with Crippen LogP contribution in [0.25, 0.3) is 0 Å². The third-order valence-corrected chi connectivity index (χ3v) is 3.68. The van der Waals surface area contributed by atoms with Crippen molar-refractivity contribution in [3.63, 3.8) is 0 Å². The molecule has 3 aromatic rings. The van der Waals surface area contributed by atoms with Gasteiger partial charge in [0.2, 0.25) is 0 Å². The standard InChI is InChI=1S/C16H20N6/c1-3-21-11-15(17-19-21)9-13-7-5-6-8-14(13)10-16-12-22(4-2)20-18-16/h5-8,11-12H,3-4,9-10H2,1-2H3. The van der Waals surface area contributed by atoms with Gasteiger partial charge in [0.15, 0.2) is 0 Å². The van der Waals surface area contributed by atoms with Crippen LogP contribution in [0.15, 0.2) is 36.7 Å². The Kier molecular flexibility index (Phi) is 4.27. The lowest BCUT2D eigenvalue weighted by molar-refractivity contribution is 0.626. The molecule has 0 saturated heterocycles. The monoisotopic (exact) mass is 296 g/mol. The predicted molar refractivity (Wildman–Crippen MR) is 83.4 cm³/mol. The molecule has 0 saturated carbocycles. The minimum Gasteiger partial charge on any atom is -0.253 e. The maximum absolute atomic E-state index is 4.23. The van der Waals surface area contributed by atoms with Gasteiger partial charge in [0.25, 0.3) is 0 Å². The van der Waals surface area contributed by atoms with Crippen LogP contribution in [-0.4, -0.2) is 30.0 Å². The minimum atomic E-state index is 0.790. The number of rotatable bonds is 6. The van der Waals surface area contributed by atoms with Crippen LogP contribution >= 0.6 is 0 Å². The maximum Gasteiger partial charge on any atom is 0.0870 e. The van der Waals surface area contributed by atoms with Crippen molar-refractivity contribution in [3.05, 3.63) is 59.2 Å². The van der Waals surface area contributed by atoms with Gasteiger partial charge in [-0.25, -0.2) is 0 Å². The van der Waals surface area contributed by atoms with Crippen LogP contribution in [-0.2, 0) is 25.9 Å². The zero-order valence-corrected chi connectivity index (χ0v) is 13.0. The molecule has 2 aromatic heterocycles. The second kappa shape index (κ2) is 6.51. The van der Waals surface area contributed by atoms with Gasteiger partial charge in [0, 0.05) is 38.3 Å². The molecule has 1 aromatic carbocycles. The zero-order chi connectivity index (χ0) is 15.4. The first-order valence-electron chi connectivity index (χ1n) is 7.63. The number of aromatic nitrogens is 6. The van der Waals surface area contributed by atoms with Crippen LogP contribution in [0, 0.1) is 0 Å². The van der Waals surface area contributed by atoms with E-state index >= 15 is 0 Å². The Hall–Kier alpha value is -2.50. The van der Waals surface area contributed by atoms with Gasteiger partial charge in [-0.3, -0.25) is 9.36 Å². The molecule has 0 unspecified atom stereocenters. The average molecular weight is 296 g/mol. The third kappa shape index (κ3) is 3.21. The van der Waals surface area contributed by atoms with Crippen molar-refractivity contribution in [2.24, 2.45) is 0 Å². The Balaban J connectivity index is 1.79. The average Bonchev–Trinajstić information content (AvgIpc) is 3.18. The van der Waals surface area contributed by atoms with Crippen molar-refractivity contribution in [2.45, 2.75) is 39.8 Å². The molecule has 22 heavy (non-hydrogen) atoms. The van der Waals surface area contributed by atoms with Gasteiger partial charge in [-0.1, -0.05) is 34.7 Å². The fraction of sp³-hybridized carbons (Fsp3) is 0.375. The summed E-state index contributed by atoms with van der Waals surface area (Å²) in [6.45, 7) is 5.80. The van der Waals surface area contributed by atoms with E-state index in [1.807, 2.05) is 21.8 Å². The van der Waals surface area contributed by atoms with Crippen molar-refractivity contribution >= 4 is 0 Å². The fourth-order valence-electron chi connectivity index (χ4n) is 2.44. The van der Waals surface area contributed by atoms with E-state index in [1.54, 1.807) is 0 Å². The van der Waals surface area contributed by atoms with E-state index < -0.39 is 0 Å². The van der Waals surface area contributed by atoms with E-state index in [0.29, 0.717) is 0 Å². The van der Waals surface area contributed by atoms with Crippen molar-refractivity contribution in [3.8, 4) is 0 Å². The molecular weight excluding hydrogens is 276 g/mol. The zero-order valence-electron chi connectivity index (χ0n) is 13.0. The summed E-state index contributed by atoms with van der Waals surface area (Å²) in [6.07, 6.45) is 5.59. The summed E-state index contributed by atoms with van der Waals surface area (Å²) in [5.41, 5.74) is 4.51.